The zero-order valence-electron chi connectivity index (χ0n) is 30.8. The van der Waals surface area contributed by atoms with Crippen LogP contribution in [0.25, 0.3) is 80.7 Å². The van der Waals surface area contributed by atoms with Crippen LogP contribution in [0.1, 0.15) is 23.7 Å². The number of nitrogens with one attached hydrogen (secondary N) is 1. The lowest BCUT2D eigenvalue weighted by atomic mass is 9.96. The molecule has 3 aromatic heterocycles. The highest BCUT2D eigenvalue weighted by Crippen LogP contribution is 2.46. The van der Waals surface area contributed by atoms with Crippen LogP contribution in [-0.4, -0.2) is 16.2 Å². The summed E-state index contributed by atoms with van der Waals surface area (Å²) >= 11 is 1.85. The second-order valence-corrected chi connectivity index (χ2v) is 15.9. The van der Waals surface area contributed by atoms with E-state index in [0.29, 0.717) is 0 Å². The van der Waals surface area contributed by atoms with Gasteiger partial charge in [-0.1, -0.05) is 133 Å². The standard InChI is InChI=1S/C51H34N4OS/c1-3-14-31(15-4-1)49-52-50(32-16-5-2-6-17-32)54-51(53-49)39-23-13-27-45-47(39)38-22-11-21-37(48(38)57-45)36-20-12-26-44-46(36)40-30-33(28-29-43(40)56-44)55-41-24-9-7-18-34(41)35-19-8-10-25-42(35)55/h1-16,18-30,32,51H,17H2,(H,52,53,54). The fourth-order valence-corrected chi connectivity index (χ4v) is 10.3. The first-order chi connectivity index (χ1) is 28.3. The Labute approximate surface area is 332 Å². The normalized spacial score (nSPS) is 16.9. The van der Waals surface area contributed by atoms with E-state index in [1.54, 1.807) is 0 Å². The minimum atomic E-state index is -0.294. The largest absolute Gasteiger partial charge is 0.456 e. The average Bonchev–Trinajstić information content (AvgIpc) is 3.96. The van der Waals surface area contributed by atoms with Gasteiger partial charge in [-0.3, -0.25) is 0 Å². The van der Waals surface area contributed by atoms with Gasteiger partial charge in [-0.25, -0.2) is 9.98 Å². The zero-order chi connectivity index (χ0) is 37.5. The molecule has 4 heterocycles. The number of hydrogen-bond acceptors (Lipinski definition) is 5. The van der Waals surface area contributed by atoms with Crippen molar-refractivity contribution in [3.8, 4) is 16.8 Å². The van der Waals surface area contributed by atoms with Gasteiger partial charge in [0, 0.05) is 70.0 Å². The van der Waals surface area contributed by atoms with Gasteiger partial charge in [0.15, 0.2) is 0 Å². The van der Waals surface area contributed by atoms with Crippen molar-refractivity contribution in [2.45, 2.75) is 12.6 Å². The van der Waals surface area contributed by atoms with Crippen molar-refractivity contribution >= 4 is 86.9 Å². The number of allylic oxidation sites excluding steroid dienone is 3. The molecule has 6 heteroatoms. The first kappa shape index (κ1) is 32.2. The number of para-hydroxylation sites is 2. The van der Waals surface area contributed by atoms with Crippen LogP contribution < -0.4 is 5.32 Å². The number of hydrogen-bond donors (Lipinski definition) is 1. The Morgan fingerprint density at radius 2 is 1.39 bits per heavy atom. The number of thiophene rings is 1. The van der Waals surface area contributed by atoms with Crippen molar-refractivity contribution in [2.24, 2.45) is 15.9 Å². The lowest BCUT2D eigenvalue weighted by Crippen LogP contribution is -2.35. The third kappa shape index (κ3) is 5.07. The number of nitrogens with zero attached hydrogens (tertiary/aromatic N) is 3. The highest BCUT2D eigenvalue weighted by molar-refractivity contribution is 7.26. The number of aliphatic imine (C=N–C) groups is 2. The minimum absolute atomic E-state index is 0.129. The summed E-state index contributed by atoms with van der Waals surface area (Å²) in [6, 6.07) is 54.2. The molecule has 2 unspecified atom stereocenters. The quantitative estimate of drug-likeness (QED) is 0.190. The van der Waals surface area contributed by atoms with Gasteiger partial charge < -0.3 is 14.3 Å². The molecule has 57 heavy (non-hydrogen) atoms. The van der Waals surface area contributed by atoms with Gasteiger partial charge >= 0.3 is 0 Å². The Kier molecular flexibility index (Phi) is 7.22. The molecule has 0 radical (unpaired) electrons. The van der Waals surface area contributed by atoms with E-state index >= 15 is 0 Å². The van der Waals surface area contributed by atoms with Gasteiger partial charge in [0.25, 0.3) is 0 Å². The molecule has 1 aliphatic carbocycles. The monoisotopic (exact) mass is 750 g/mol. The van der Waals surface area contributed by atoms with Crippen LogP contribution in [0.4, 0.5) is 0 Å². The molecule has 0 fully saturated rings. The molecule has 270 valence electrons. The van der Waals surface area contributed by atoms with Crippen LogP contribution in [-0.2, 0) is 0 Å². The average molecular weight is 751 g/mol. The van der Waals surface area contributed by atoms with Gasteiger partial charge in [0.05, 0.1) is 11.0 Å². The van der Waals surface area contributed by atoms with Crippen molar-refractivity contribution in [1.29, 1.82) is 0 Å². The smallest absolute Gasteiger partial charge is 0.148 e. The van der Waals surface area contributed by atoms with Gasteiger partial charge in [0.1, 0.15) is 29.0 Å². The molecule has 0 amide bonds. The third-order valence-corrected chi connectivity index (χ3v) is 12.8. The molecule has 10 aromatic rings. The molecular weight excluding hydrogens is 717 g/mol. The number of furan rings is 1. The van der Waals surface area contributed by atoms with Gasteiger partial charge in [-0.2, -0.15) is 0 Å². The molecule has 0 saturated heterocycles. The lowest BCUT2D eigenvalue weighted by Gasteiger charge is -2.26. The molecule has 2 aliphatic rings. The van der Waals surface area contributed by atoms with E-state index in [-0.39, 0.29) is 12.1 Å². The Morgan fingerprint density at radius 1 is 0.632 bits per heavy atom. The maximum atomic E-state index is 6.59. The summed E-state index contributed by atoms with van der Waals surface area (Å²) < 4.78 is 11.4. The summed E-state index contributed by atoms with van der Waals surface area (Å²) in [5.74, 6) is 1.84. The second kappa shape index (κ2) is 12.8. The van der Waals surface area contributed by atoms with Gasteiger partial charge in [0.2, 0.25) is 0 Å². The molecule has 1 aliphatic heterocycles. The minimum Gasteiger partial charge on any atom is -0.456 e. The van der Waals surface area contributed by atoms with Crippen molar-refractivity contribution in [1.82, 2.24) is 9.88 Å². The van der Waals surface area contributed by atoms with E-state index < -0.39 is 0 Å². The number of amidine groups is 2. The van der Waals surface area contributed by atoms with Crippen molar-refractivity contribution < 1.29 is 4.42 Å². The van der Waals surface area contributed by atoms with E-state index in [1.165, 1.54) is 47.5 Å². The molecule has 1 N–H and O–H groups in total. The van der Waals surface area contributed by atoms with E-state index in [9.17, 15) is 0 Å². The molecular formula is C51H34N4OS. The first-order valence-electron chi connectivity index (χ1n) is 19.5. The summed E-state index contributed by atoms with van der Waals surface area (Å²) in [6.07, 6.45) is 9.21. The highest BCUT2D eigenvalue weighted by Gasteiger charge is 2.27. The lowest BCUT2D eigenvalue weighted by molar-refractivity contribution is 0.664. The molecule has 0 bridgehead atoms. The molecule has 7 aromatic carbocycles. The number of benzene rings is 7. The summed E-state index contributed by atoms with van der Waals surface area (Å²) in [4.78, 5) is 10.4. The van der Waals surface area contributed by atoms with Crippen LogP contribution in [0.5, 0.6) is 0 Å². The topological polar surface area (TPSA) is 54.8 Å². The molecule has 0 saturated carbocycles. The molecule has 2 atom stereocenters. The maximum Gasteiger partial charge on any atom is 0.148 e. The fraction of sp³-hybridized carbons (Fsp3) is 0.0588. The maximum absolute atomic E-state index is 6.59. The van der Waals surface area contributed by atoms with Gasteiger partial charge in [-0.15, -0.1) is 11.3 Å². The van der Waals surface area contributed by atoms with E-state index in [0.717, 1.165) is 62.4 Å². The Morgan fingerprint density at radius 3 is 2.21 bits per heavy atom. The summed E-state index contributed by atoms with van der Waals surface area (Å²) in [6.45, 7) is 0. The molecule has 0 spiro atoms. The zero-order valence-corrected chi connectivity index (χ0v) is 31.6. The van der Waals surface area contributed by atoms with E-state index in [4.69, 9.17) is 14.4 Å². The second-order valence-electron chi connectivity index (χ2n) is 14.9. The number of rotatable bonds is 5. The SMILES string of the molecule is C1=CCC(C2=NC(c3cccc4sc5c(-c6cccc7oc8ccc(-n9c%10ccccc%10c%10ccccc%109)cc8c67)cccc5c34)NC(c3ccccc3)=N2)C=C1. The van der Waals surface area contributed by atoms with Crippen LogP contribution in [0, 0.1) is 5.92 Å². The summed E-state index contributed by atoms with van der Waals surface area (Å²) in [7, 11) is 0. The summed E-state index contributed by atoms with van der Waals surface area (Å²) in [5.41, 5.74) is 9.81. The molecule has 12 rings (SSSR count). The van der Waals surface area contributed by atoms with Crippen molar-refractivity contribution in [3.63, 3.8) is 0 Å². The highest BCUT2D eigenvalue weighted by atomic mass is 32.1. The van der Waals surface area contributed by atoms with E-state index in [2.05, 4.69) is 180 Å². The predicted molar refractivity (Wildman–Crippen MR) is 239 cm³/mol. The van der Waals surface area contributed by atoms with Crippen LogP contribution in [0.15, 0.2) is 190 Å². The Balaban J connectivity index is 1.03. The van der Waals surface area contributed by atoms with Crippen LogP contribution in [0.3, 0.4) is 0 Å². The van der Waals surface area contributed by atoms with Crippen molar-refractivity contribution in [2.75, 3.05) is 0 Å². The Bertz CT molecular complexity index is 3320. The van der Waals surface area contributed by atoms with Crippen molar-refractivity contribution in [3.05, 3.63) is 187 Å². The molecule has 5 nitrogen and oxygen atoms in total. The van der Waals surface area contributed by atoms with Gasteiger partial charge in [-0.05, 0) is 54.4 Å². The predicted octanol–water partition coefficient (Wildman–Crippen LogP) is 13.3. The van der Waals surface area contributed by atoms with E-state index in [1.807, 2.05) is 17.4 Å². The fourth-order valence-electron chi connectivity index (χ4n) is 9.01. The Hall–Kier alpha value is -7.02. The van der Waals surface area contributed by atoms with Crippen LogP contribution >= 0.6 is 11.3 Å². The number of fused-ring (bicyclic) bond motifs is 9. The third-order valence-electron chi connectivity index (χ3n) is 11.6. The summed E-state index contributed by atoms with van der Waals surface area (Å²) in [5, 5.41) is 10.9. The number of aromatic nitrogens is 1. The first-order valence-corrected chi connectivity index (χ1v) is 20.3. The van der Waals surface area contributed by atoms with Crippen LogP contribution in [0.2, 0.25) is 0 Å².